The van der Waals surface area contributed by atoms with Crippen LogP contribution in [-0.2, 0) is 17.7 Å². The number of methoxy groups -OCH3 is 2. The molecule has 0 aliphatic carbocycles. The number of H-pyrrole nitrogens is 1. The third-order valence-electron chi connectivity index (χ3n) is 5.15. The lowest BCUT2D eigenvalue weighted by Gasteiger charge is -2.18. The van der Waals surface area contributed by atoms with Crippen LogP contribution in [0.4, 0.5) is 9.18 Å². The minimum absolute atomic E-state index is 0.226. The van der Waals surface area contributed by atoms with E-state index in [2.05, 4.69) is 15.5 Å². The smallest absolute Gasteiger partial charge is 0.341 e. The van der Waals surface area contributed by atoms with E-state index in [1.54, 1.807) is 42.3 Å². The van der Waals surface area contributed by atoms with E-state index in [9.17, 15) is 14.0 Å². The fourth-order valence-corrected chi connectivity index (χ4v) is 3.34. The highest BCUT2D eigenvalue weighted by Gasteiger charge is 2.14. The highest BCUT2D eigenvalue weighted by Crippen LogP contribution is 2.21. The number of carbonyl (C=O) groups is 2. The molecular weight excluding hydrogens is 427 g/mol. The van der Waals surface area contributed by atoms with Crippen LogP contribution in [0.3, 0.4) is 0 Å². The second kappa shape index (κ2) is 11.1. The number of aryl methyl sites for hydroxylation is 1. The molecule has 174 valence electrons. The number of urea groups is 1. The minimum atomic E-state index is -0.503. The predicted molar refractivity (Wildman–Crippen MR) is 122 cm³/mol. The zero-order chi connectivity index (χ0) is 23.8. The molecule has 0 bridgehead atoms. The van der Waals surface area contributed by atoms with Crippen molar-refractivity contribution in [3.63, 3.8) is 0 Å². The second-order valence-electron chi connectivity index (χ2n) is 7.50. The molecule has 0 unspecified atom stereocenters. The number of halogens is 1. The van der Waals surface area contributed by atoms with Crippen LogP contribution < -0.4 is 10.1 Å². The van der Waals surface area contributed by atoms with Gasteiger partial charge < -0.3 is 19.7 Å². The number of ether oxygens (including phenoxy) is 2. The van der Waals surface area contributed by atoms with E-state index in [1.807, 2.05) is 6.07 Å². The molecule has 0 radical (unpaired) electrons. The Morgan fingerprint density at radius 3 is 2.70 bits per heavy atom. The van der Waals surface area contributed by atoms with Gasteiger partial charge in [0.2, 0.25) is 0 Å². The molecule has 0 atom stereocenters. The zero-order valence-corrected chi connectivity index (χ0v) is 18.9. The third kappa shape index (κ3) is 6.31. The van der Waals surface area contributed by atoms with Gasteiger partial charge in [0.15, 0.2) is 0 Å². The van der Waals surface area contributed by atoms with Crippen molar-refractivity contribution in [2.75, 3.05) is 27.8 Å². The molecule has 3 rings (SSSR count). The topological polar surface area (TPSA) is 96.5 Å². The van der Waals surface area contributed by atoms with Crippen LogP contribution in [0.1, 0.15) is 28.0 Å². The summed E-state index contributed by atoms with van der Waals surface area (Å²) in [6.45, 7) is 0.797. The van der Waals surface area contributed by atoms with Crippen LogP contribution in [0.5, 0.6) is 5.75 Å². The van der Waals surface area contributed by atoms with Crippen LogP contribution in [-0.4, -0.2) is 54.9 Å². The molecule has 9 heteroatoms. The fraction of sp³-hybridized carbons (Fsp3) is 0.292. The lowest BCUT2D eigenvalue weighted by atomic mass is 10.1. The first kappa shape index (κ1) is 23.8. The summed E-state index contributed by atoms with van der Waals surface area (Å²) in [5.74, 6) is -0.397. The van der Waals surface area contributed by atoms with Crippen LogP contribution >= 0.6 is 0 Å². The summed E-state index contributed by atoms with van der Waals surface area (Å²) in [5.41, 5.74) is 3.36. The van der Waals surface area contributed by atoms with E-state index in [-0.39, 0.29) is 18.4 Å². The lowest BCUT2D eigenvalue weighted by Crippen LogP contribution is -2.37. The standard InChI is InChI=1S/C24H27FN4O4/c1-29(11-5-8-19-14-21(28-27-19)17-6-4-7-18(25)13-17)24(31)26-15-16-9-10-22(32-2)20(12-16)23(30)33-3/h4,6-7,9-10,12-14H,5,8,11,15H2,1-3H3,(H,26,31)(H,27,28). The molecule has 1 heterocycles. The molecule has 1 aromatic heterocycles. The molecule has 3 aromatic rings. The van der Waals surface area contributed by atoms with Crippen molar-refractivity contribution in [2.45, 2.75) is 19.4 Å². The first-order valence-corrected chi connectivity index (χ1v) is 10.5. The Labute approximate surface area is 191 Å². The Bertz CT molecular complexity index is 1120. The van der Waals surface area contributed by atoms with Crippen LogP contribution in [0, 0.1) is 5.82 Å². The molecule has 0 spiro atoms. The Hall–Kier alpha value is -3.88. The maximum Gasteiger partial charge on any atom is 0.341 e. The molecule has 0 aliphatic heterocycles. The van der Waals surface area contributed by atoms with Gasteiger partial charge in [0.1, 0.15) is 17.1 Å². The van der Waals surface area contributed by atoms with Crippen LogP contribution in [0.2, 0.25) is 0 Å². The Morgan fingerprint density at radius 2 is 1.97 bits per heavy atom. The SMILES string of the molecule is COC(=O)c1cc(CNC(=O)N(C)CCCc2cc(-c3cccc(F)c3)n[nH]2)ccc1OC. The number of rotatable bonds is 9. The quantitative estimate of drug-likeness (QED) is 0.480. The molecule has 8 nitrogen and oxygen atoms in total. The highest BCUT2D eigenvalue weighted by molar-refractivity contribution is 5.92. The number of benzene rings is 2. The normalized spacial score (nSPS) is 10.5. The number of hydrogen-bond acceptors (Lipinski definition) is 5. The van der Waals surface area contributed by atoms with Gasteiger partial charge in [-0.25, -0.2) is 14.0 Å². The molecule has 0 saturated heterocycles. The van der Waals surface area contributed by atoms with Gasteiger partial charge in [-0.15, -0.1) is 0 Å². The highest BCUT2D eigenvalue weighted by atomic mass is 19.1. The second-order valence-corrected chi connectivity index (χ2v) is 7.50. The van der Waals surface area contributed by atoms with Crippen molar-refractivity contribution in [2.24, 2.45) is 0 Å². The predicted octanol–water partition coefficient (Wildman–Crippen LogP) is 3.79. The van der Waals surface area contributed by atoms with Gasteiger partial charge in [-0.2, -0.15) is 5.10 Å². The maximum atomic E-state index is 13.4. The van der Waals surface area contributed by atoms with Crippen LogP contribution in [0.25, 0.3) is 11.3 Å². The minimum Gasteiger partial charge on any atom is -0.496 e. The van der Waals surface area contributed by atoms with E-state index in [0.29, 0.717) is 35.5 Å². The van der Waals surface area contributed by atoms with Gasteiger partial charge in [0, 0.05) is 31.4 Å². The molecular formula is C24H27FN4O4. The molecule has 2 amide bonds. The molecule has 33 heavy (non-hydrogen) atoms. The fourth-order valence-electron chi connectivity index (χ4n) is 3.34. The number of hydrogen-bond donors (Lipinski definition) is 2. The van der Waals surface area contributed by atoms with Crippen molar-refractivity contribution < 1.29 is 23.5 Å². The number of esters is 1. The number of nitrogens with zero attached hydrogens (tertiary/aromatic N) is 2. The number of nitrogens with one attached hydrogen (secondary N) is 2. The molecule has 0 saturated carbocycles. The summed E-state index contributed by atoms with van der Waals surface area (Å²) in [5, 5.41) is 10.0. The zero-order valence-electron chi connectivity index (χ0n) is 18.9. The van der Waals surface area contributed by atoms with E-state index in [1.165, 1.54) is 26.4 Å². The first-order valence-electron chi connectivity index (χ1n) is 10.5. The number of amides is 2. The summed E-state index contributed by atoms with van der Waals surface area (Å²) in [6, 6.07) is 13.0. The molecule has 2 N–H and O–H groups in total. The lowest BCUT2D eigenvalue weighted by molar-refractivity contribution is 0.0597. The van der Waals surface area contributed by atoms with Gasteiger partial charge in [0.25, 0.3) is 0 Å². The molecule has 0 fully saturated rings. The molecule has 0 aliphatic rings. The van der Waals surface area contributed by atoms with Crippen molar-refractivity contribution in [3.05, 3.63) is 71.2 Å². The van der Waals surface area contributed by atoms with E-state index in [4.69, 9.17) is 9.47 Å². The van der Waals surface area contributed by atoms with Crippen molar-refractivity contribution in [3.8, 4) is 17.0 Å². The summed E-state index contributed by atoms with van der Waals surface area (Å²) in [6.07, 6.45) is 1.42. The summed E-state index contributed by atoms with van der Waals surface area (Å²) in [4.78, 5) is 25.9. The first-order chi connectivity index (χ1) is 15.9. The maximum absolute atomic E-state index is 13.4. The number of carbonyl (C=O) groups excluding carboxylic acids is 2. The summed E-state index contributed by atoms with van der Waals surface area (Å²) >= 11 is 0. The van der Waals surface area contributed by atoms with Gasteiger partial charge in [-0.3, -0.25) is 5.10 Å². The Kier molecular flexibility index (Phi) is 8.01. The average molecular weight is 455 g/mol. The van der Waals surface area contributed by atoms with Gasteiger partial charge >= 0.3 is 12.0 Å². The summed E-state index contributed by atoms with van der Waals surface area (Å²) < 4.78 is 23.3. The largest absolute Gasteiger partial charge is 0.496 e. The molecule has 2 aromatic carbocycles. The van der Waals surface area contributed by atoms with Crippen molar-refractivity contribution in [1.82, 2.24) is 20.4 Å². The van der Waals surface area contributed by atoms with E-state index in [0.717, 1.165) is 17.7 Å². The Balaban J connectivity index is 1.47. The monoisotopic (exact) mass is 454 g/mol. The summed E-state index contributed by atoms with van der Waals surface area (Å²) in [7, 11) is 4.49. The van der Waals surface area contributed by atoms with Crippen molar-refractivity contribution >= 4 is 12.0 Å². The number of aromatic amines is 1. The van der Waals surface area contributed by atoms with Crippen molar-refractivity contribution in [1.29, 1.82) is 0 Å². The van der Waals surface area contributed by atoms with Gasteiger partial charge in [-0.05, 0) is 48.7 Å². The van der Waals surface area contributed by atoms with E-state index >= 15 is 0 Å². The van der Waals surface area contributed by atoms with Gasteiger partial charge in [-0.1, -0.05) is 18.2 Å². The number of aromatic nitrogens is 2. The Morgan fingerprint density at radius 1 is 1.15 bits per heavy atom. The average Bonchev–Trinajstić information content (AvgIpc) is 3.30. The van der Waals surface area contributed by atoms with E-state index < -0.39 is 5.97 Å². The van der Waals surface area contributed by atoms with Crippen LogP contribution in [0.15, 0.2) is 48.5 Å². The van der Waals surface area contributed by atoms with Gasteiger partial charge in [0.05, 0.1) is 19.9 Å². The third-order valence-corrected chi connectivity index (χ3v) is 5.15.